The minimum atomic E-state index is -4.49. The lowest BCUT2D eigenvalue weighted by molar-refractivity contribution is -0.138. The molecule has 2 aromatic heterocycles. The Morgan fingerprint density at radius 1 is 0.381 bits per heavy atom. The van der Waals surface area contributed by atoms with Gasteiger partial charge in [0.05, 0.1) is 11.1 Å². The first kappa shape index (κ1) is 26.9. The number of halogens is 6. The number of hydrogen-bond donors (Lipinski definition) is 0. The molecule has 2 heterocycles. The smallest absolute Gasteiger partial charge is 0.416 e. The largest absolute Gasteiger partial charge is 0.416 e. The lowest BCUT2D eigenvalue weighted by Gasteiger charge is -2.06. The number of alkyl halides is 6. The lowest BCUT2D eigenvalue weighted by Crippen LogP contribution is -2.04. The van der Waals surface area contributed by atoms with Crippen molar-refractivity contribution in [1.29, 1.82) is 0 Å². The van der Waals surface area contributed by atoms with Gasteiger partial charge in [0.1, 0.15) is 0 Å². The molecule has 6 aromatic rings. The van der Waals surface area contributed by atoms with E-state index in [0.717, 1.165) is 35.4 Å². The minimum absolute atomic E-state index is 0.0343. The average Bonchev–Trinajstić information content (AvgIpc) is 3.68. The quantitative estimate of drug-likeness (QED) is 0.190. The predicted molar refractivity (Wildman–Crippen MR) is 139 cm³/mol. The van der Waals surface area contributed by atoms with Crippen molar-refractivity contribution < 1.29 is 35.2 Å². The standard InChI is InChI=1S/C30H16F6N4O2/c31-29(32,33)23-5-1-3-21(15-23)27-39-37-25(41-27)19-11-7-17(8-12-19)18-9-13-20(14-10-18)26-38-40-28(42-26)22-4-2-6-24(16-22)30(34,35)36/h1-16H. The van der Waals surface area contributed by atoms with Gasteiger partial charge in [-0.1, -0.05) is 36.4 Å². The van der Waals surface area contributed by atoms with E-state index in [9.17, 15) is 26.3 Å². The number of rotatable bonds is 5. The summed E-state index contributed by atoms with van der Waals surface area (Å²) in [7, 11) is 0. The summed E-state index contributed by atoms with van der Waals surface area (Å²) in [5.74, 6) is 0.232. The highest BCUT2D eigenvalue weighted by molar-refractivity contribution is 5.70. The summed E-state index contributed by atoms with van der Waals surface area (Å²) in [6, 6.07) is 23.5. The van der Waals surface area contributed by atoms with E-state index in [2.05, 4.69) is 20.4 Å². The van der Waals surface area contributed by atoms with Crippen molar-refractivity contribution in [1.82, 2.24) is 20.4 Å². The van der Waals surface area contributed by atoms with Crippen LogP contribution in [0, 0.1) is 0 Å². The Hall–Kier alpha value is -5.26. The van der Waals surface area contributed by atoms with E-state index in [0.29, 0.717) is 11.1 Å². The Balaban J connectivity index is 1.17. The molecular formula is C30H16F6N4O2. The molecule has 0 atom stereocenters. The Morgan fingerprint density at radius 2 is 0.690 bits per heavy atom. The topological polar surface area (TPSA) is 77.8 Å². The number of aromatic nitrogens is 4. The van der Waals surface area contributed by atoms with Crippen molar-refractivity contribution in [3.8, 4) is 56.9 Å². The zero-order valence-electron chi connectivity index (χ0n) is 21.1. The third kappa shape index (κ3) is 5.51. The molecule has 0 aliphatic heterocycles. The van der Waals surface area contributed by atoms with Crippen molar-refractivity contribution in [3.05, 3.63) is 108 Å². The number of hydrogen-bond acceptors (Lipinski definition) is 6. The first-order valence-corrected chi connectivity index (χ1v) is 12.3. The van der Waals surface area contributed by atoms with Crippen molar-refractivity contribution >= 4 is 0 Å². The van der Waals surface area contributed by atoms with Crippen LogP contribution in [0.4, 0.5) is 26.3 Å². The second-order valence-electron chi connectivity index (χ2n) is 9.14. The van der Waals surface area contributed by atoms with Crippen LogP contribution in [-0.2, 0) is 12.4 Å². The second kappa shape index (κ2) is 10.3. The number of nitrogens with zero attached hydrogens (tertiary/aromatic N) is 4. The van der Waals surface area contributed by atoms with Crippen LogP contribution in [0.5, 0.6) is 0 Å². The molecule has 0 unspecified atom stereocenters. The second-order valence-corrected chi connectivity index (χ2v) is 9.14. The number of benzene rings is 4. The third-order valence-corrected chi connectivity index (χ3v) is 6.32. The normalized spacial score (nSPS) is 12.0. The van der Waals surface area contributed by atoms with E-state index in [1.54, 1.807) is 24.3 Å². The molecule has 6 nitrogen and oxygen atoms in total. The van der Waals surface area contributed by atoms with Crippen LogP contribution in [0.1, 0.15) is 11.1 Å². The van der Waals surface area contributed by atoms with Crippen molar-refractivity contribution in [3.63, 3.8) is 0 Å². The van der Waals surface area contributed by atoms with Gasteiger partial charge in [0, 0.05) is 22.3 Å². The van der Waals surface area contributed by atoms with Gasteiger partial charge >= 0.3 is 12.4 Å². The molecule has 210 valence electrons. The van der Waals surface area contributed by atoms with Gasteiger partial charge in [-0.15, -0.1) is 20.4 Å². The van der Waals surface area contributed by atoms with Gasteiger partial charge in [-0.2, -0.15) is 26.3 Å². The minimum Gasteiger partial charge on any atom is -0.416 e. The fourth-order valence-electron chi connectivity index (χ4n) is 4.18. The van der Waals surface area contributed by atoms with Gasteiger partial charge in [0.25, 0.3) is 0 Å². The molecular weight excluding hydrogens is 562 g/mol. The van der Waals surface area contributed by atoms with Gasteiger partial charge in [-0.3, -0.25) is 0 Å². The monoisotopic (exact) mass is 578 g/mol. The van der Waals surface area contributed by atoms with E-state index in [-0.39, 0.29) is 34.7 Å². The van der Waals surface area contributed by atoms with Crippen LogP contribution in [0.2, 0.25) is 0 Å². The van der Waals surface area contributed by atoms with Crippen molar-refractivity contribution in [2.24, 2.45) is 0 Å². The Kier molecular flexibility index (Phi) is 6.60. The van der Waals surface area contributed by atoms with E-state index in [1.165, 1.54) is 24.3 Å². The molecule has 0 bridgehead atoms. The Bertz CT molecular complexity index is 1720. The van der Waals surface area contributed by atoms with Crippen LogP contribution in [0.25, 0.3) is 56.9 Å². The van der Waals surface area contributed by atoms with Gasteiger partial charge in [-0.05, 0) is 71.8 Å². The summed E-state index contributed by atoms with van der Waals surface area (Å²) < 4.78 is 89.5. The fraction of sp³-hybridized carbons (Fsp3) is 0.0667. The van der Waals surface area contributed by atoms with E-state index in [4.69, 9.17) is 8.83 Å². The van der Waals surface area contributed by atoms with Crippen LogP contribution >= 0.6 is 0 Å². The average molecular weight is 578 g/mol. The molecule has 42 heavy (non-hydrogen) atoms. The molecule has 0 fully saturated rings. The molecule has 0 saturated heterocycles. The van der Waals surface area contributed by atoms with Crippen LogP contribution in [0.15, 0.2) is 106 Å². The van der Waals surface area contributed by atoms with Crippen molar-refractivity contribution in [2.45, 2.75) is 12.4 Å². The van der Waals surface area contributed by atoms with Gasteiger partial charge in [-0.25, -0.2) is 0 Å². The van der Waals surface area contributed by atoms with Crippen LogP contribution < -0.4 is 0 Å². The van der Waals surface area contributed by atoms with Crippen molar-refractivity contribution in [2.75, 3.05) is 0 Å². The summed E-state index contributed by atoms with van der Waals surface area (Å²) in [6.45, 7) is 0. The fourth-order valence-corrected chi connectivity index (χ4v) is 4.18. The molecule has 0 spiro atoms. The molecule has 0 aliphatic carbocycles. The van der Waals surface area contributed by atoms with Gasteiger partial charge in [0.15, 0.2) is 0 Å². The summed E-state index contributed by atoms with van der Waals surface area (Å²) >= 11 is 0. The molecule has 12 heteroatoms. The first-order valence-electron chi connectivity index (χ1n) is 12.3. The van der Waals surface area contributed by atoms with E-state index >= 15 is 0 Å². The Morgan fingerprint density at radius 3 is 1.02 bits per heavy atom. The maximum absolute atomic E-state index is 13.0. The zero-order valence-corrected chi connectivity index (χ0v) is 21.1. The predicted octanol–water partition coefficient (Wildman–Crippen LogP) is 8.83. The first-order chi connectivity index (χ1) is 20.0. The van der Waals surface area contributed by atoms with Gasteiger partial charge in [0.2, 0.25) is 23.6 Å². The van der Waals surface area contributed by atoms with Crippen LogP contribution in [-0.4, -0.2) is 20.4 Å². The highest BCUT2D eigenvalue weighted by Crippen LogP contribution is 2.34. The molecule has 6 rings (SSSR count). The zero-order chi connectivity index (χ0) is 29.5. The highest BCUT2D eigenvalue weighted by atomic mass is 19.4. The molecule has 0 amide bonds. The lowest BCUT2D eigenvalue weighted by atomic mass is 10.0. The third-order valence-electron chi connectivity index (χ3n) is 6.32. The summed E-state index contributed by atoms with van der Waals surface area (Å²) in [4.78, 5) is 0. The maximum atomic E-state index is 13.0. The van der Waals surface area contributed by atoms with Crippen LogP contribution in [0.3, 0.4) is 0 Å². The molecule has 0 N–H and O–H groups in total. The van der Waals surface area contributed by atoms with Gasteiger partial charge < -0.3 is 8.83 Å². The molecule has 0 saturated carbocycles. The van der Waals surface area contributed by atoms with E-state index < -0.39 is 23.5 Å². The molecule has 4 aromatic carbocycles. The summed E-state index contributed by atoms with van der Waals surface area (Å²) in [6.07, 6.45) is -8.99. The molecule has 0 aliphatic rings. The Labute approximate surface area is 233 Å². The highest BCUT2D eigenvalue weighted by Gasteiger charge is 2.31. The SMILES string of the molecule is FC(F)(F)c1cccc(-c2nnc(-c3ccc(-c4ccc(-c5nnc(-c6cccc(C(F)(F)F)c6)o5)cc4)cc3)o2)c1. The molecule has 0 radical (unpaired) electrons. The summed E-state index contributed by atoms with van der Waals surface area (Å²) in [5.41, 5.74) is 1.53. The van der Waals surface area contributed by atoms with E-state index in [1.807, 2.05) is 24.3 Å². The maximum Gasteiger partial charge on any atom is 0.416 e. The summed E-state index contributed by atoms with van der Waals surface area (Å²) in [5, 5.41) is 15.7.